The lowest BCUT2D eigenvalue weighted by Crippen LogP contribution is -2.10. The quantitative estimate of drug-likeness (QED) is 0.686. The SMILES string of the molecule is CN(C)c1cccc(C(=O)c2cnc3ccccc3c2)c1. The molecule has 3 nitrogen and oxygen atoms in total. The maximum Gasteiger partial charge on any atom is 0.194 e. The Labute approximate surface area is 123 Å². The summed E-state index contributed by atoms with van der Waals surface area (Å²) in [6.45, 7) is 0. The van der Waals surface area contributed by atoms with Crippen molar-refractivity contribution in [3.8, 4) is 0 Å². The van der Waals surface area contributed by atoms with Crippen molar-refractivity contribution in [2.24, 2.45) is 0 Å². The zero-order valence-corrected chi connectivity index (χ0v) is 12.1. The average Bonchev–Trinajstić information content (AvgIpc) is 2.53. The van der Waals surface area contributed by atoms with E-state index in [0.29, 0.717) is 11.1 Å². The van der Waals surface area contributed by atoms with E-state index < -0.39 is 0 Å². The lowest BCUT2D eigenvalue weighted by molar-refractivity contribution is 0.103. The average molecular weight is 276 g/mol. The second-order valence-electron chi connectivity index (χ2n) is 5.19. The Hall–Kier alpha value is -2.68. The molecule has 0 saturated carbocycles. The zero-order chi connectivity index (χ0) is 14.8. The van der Waals surface area contributed by atoms with Crippen molar-refractivity contribution in [3.05, 3.63) is 71.9 Å². The number of benzene rings is 2. The van der Waals surface area contributed by atoms with E-state index in [1.807, 2.05) is 73.6 Å². The molecule has 0 N–H and O–H groups in total. The molecule has 0 aliphatic carbocycles. The monoisotopic (exact) mass is 276 g/mol. The van der Waals surface area contributed by atoms with E-state index >= 15 is 0 Å². The minimum absolute atomic E-state index is 0.00282. The van der Waals surface area contributed by atoms with E-state index in [-0.39, 0.29) is 5.78 Å². The maximum atomic E-state index is 12.6. The summed E-state index contributed by atoms with van der Waals surface area (Å²) < 4.78 is 0. The molecule has 0 spiro atoms. The summed E-state index contributed by atoms with van der Waals surface area (Å²) in [6.07, 6.45) is 1.65. The summed E-state index contributed by atoms with van der Waals surface area (Å²) in [4.78, 5) is 18.9. The topological polar surface area (TPSA) is 33.2 Å². The van der Waals surface area contributed by atoms with E-state index in [1.54, 1.807) is 6.20 Å². The summed E-state index contributed by atoms with van der Waals surface area (Å²) >= 11 is 0. The van der Waals surface area contributed by atoms with Gasteiger partial charge in [-0.3, -0.25) is 9.78 Å². The predicted molar refractivity (Wildman–Crippen MR) is 85.9 cm³/mol. The van der Waals surface area contributed by atoms with Crippen LogP contribution < -0.4 is 4.90 Å². The van der Waals surface area contributed by atoms with Gasteiger partial charge in [0.05, 0.1) is 5.52 Å². The molecule has 21 heavy (non-hydrogen) atoms. The number of anilines is 1. The molecule has 0 fully saturated rings. The van der Waals surface area contributed by atoms with Crippen molar-refractivity contribution in [1.82, 2.24) is 4.98 Å². The number of ketones is 1. The molecule has 3 aromatic rings. The molecule has 2 aromatic carbocycles. The molecule has 1 aromatic heterocycles. The molecule has 0 amide bonds. The minimum Gasteiger partial charge on any atom is -0.378 e. The van der Waals surface area contributed by atoms with Crippen LogP contribution in [0, 0.1) is 0 Å². The Balaban J connectivity index is 2.01. The van der Waals surface area contributed by atoms with Gasteiger partial charge in [-0.05, 0) is 24.3 Å². The van der Waals surface area contributed by atoms with E-state index in [4.69, 9.17) is 0 Å². The van der Waals surface area contributed by atoms with Crippen LogP contribution in [-0.2, 0) is 0 Å². The molecule has 0 bridgehead atoms. The van der Waals surface area contributed by atoms with Gasteiger partial charge in [0, 0.05) is 42.5 Å². The van der Waals surface area contributed by atoms with Crippen molar-refractivity contribution >= 4 is 22.4 Å². The summed E-state index contributed by atoms with van der Waals surface area (Å²) in [5.41, 5.74) is 3.20. The van der Waals surface area contributed by atoms with E-state index in [0.717, 1.165) is 16.6 Å². The number of fused-ring (bicyclic) bond motifs is 1. The number of rotatable bonds is 3. The molecule has 0 aliphatic rings. The third kappa shape index (κ3) is 2.63. The van der Waals surface area contributed by atoms with E-state index in [1.165, 1.54) is 0 Å². The fraction of sp³-hybridized carbons (Fsp3) is 0.111. The van der Waals surface area contributed by atoms with Crippen LogP contribution in [0.1, 0.15) is 15.9 Å². The Morgan fingerprint density at radius 1 is 0.952 bits per heavy atom. The van der Waals surface area contributed by atoms with Crippen LogP contribution in [0.15, 0.2) is 60.8 Å². The van der Waals surface area contributed by atoms with Crippen molar-refractivity contribution < 1.29 is 4.79 Å². The first-order valence-electron chi connectivity index (χ1n) is 6.82. The Bertz CT molecular complexity index is 809. The number of hydrogen-bond acceptors (Lipinski definition) is 3. The van der Waals surface area contributed by atoms with Gasteiger partial charge in [0.25, 0.3) is 0 Å². The van der Waals surface area contributed by atoms with Crippen molar-refractivity contribution in [2.45, 2.75) is 0 Å². The molecule has 3 rings (SSSR count). The highest BCUT2D eigenvalue weighted by Gasteiger charge is 2.11. The number of nitrogens with zero attached hydrogens (tertiary/aromatic N) is 2. The van der Waals surface area contributed by atoms with Gasteiger partial charge in [-0.15, -0.1) is 0 Å². The Morgan fingerprint density at radius 3 is 2.57 bits per heavy atom. The fourth-order valence-electron chi connectivity index (χ4n) is 2.29. The van der Waals surface area contributed by atoms with Crippen molar-refractivity contribution in [1.29, 1.82) is 0 Å². The molecular formula is C18H16N2O. The van der Waals surface area contributed by atoms with Gasteiger partial charge in [-0.2, -0.15) is 0 Å². The number of para-hydroxylation sites is 1. The molecule has 104 valence electrons. The van der Waals surface area contributed by atoms with Gasteiger partial charge in [0.15, 0.2) is 5.78 Å². The molecule has 0 atom stereocenters. The van der Waals surface area contributed by atoms with Gasteiger partial charge in [0.1, 0.15) is 0 Å². The van der Waals surface area contributed by atoms with Crippen LogP contribution in [0.25, 0.3) is 10.9 Å². The lowest BCUT2D eigenvalue weighted by atomic mass is 10.0. The van der Waals surface area contributed by atoms with Gasteiger partial charge in [-0.1, -0.05) is 30.3 Å². The van der Waals surface area contributed by atoms with E-state index in [9.17, 15) is 4.79 Å². The number of hydrogen-bond donors (Lipinski definition) is 0. The zero-order valence-electron chi connectivity index (χ0n) is 12.1. The highest BCUT2D eigenvalue weighted by atomic mass is 16.1. The highest BCUT2D eigenvalue weighted by Crippen LogP contribution is 2.19. The van der Waals surface area contributed by atoms with Gasteiger partial charge < -0.3 is 4.90 Å². The first-order chi connectivity index (χ1) is 10.1. The Kier molecular flexibility index (Phi) is 3.40. The number of pyridine rings is 1. The summed E-state index contributed by atoms with van der Waals surface area (Å²) in [5, 5.41) is 0.979. The molecule has 3 heteroatoms. The van der Waals surface area contributed by atoms with Crippen molar-refractivity contribution in [2.75, 3.05) is 19.0 Å². The van der Waals surface area contributed by atoms with Crippen LogP contribution in [0.4, 0.5) is 5.69 Å². The highest BCUT2D eigenvalue weighted by molar-refractivity contribution is 6.10. The van der Waals surface area contributed by atoms with Crippen LogP contribution in [0.5, 0.6) is 0 Å². The minimum atomic E-state index is -0.00282. The summed E-state index contributed by atoms with van der Waals surface area (Å²) in [7, 11) is 3.92. The molecule has 0 saturated heterocycles. The standard InChI is InChI=1S/C18H16N2O/c1-20(2)16-8-5-7-14(11-16)18(21)15-10-13-6-3-4-9-17(13)19-12-15/h3-12H,1-2H3. The first kappa shape index (κ1) is 13.3. The van der Waals surface area contributed by atoms with Crippen molar-refractivity contribution in [3.63, 3.8) is 0 Å². The third-order valence-corrected chi connectivity index (χ3v) is 3.48. The summed E-state index contributed by atoms with van der Waals surface area (Å²) in [5.74, 6) is -0.00282. The van der Waals surface area contributed by atoms with Gasteiger partial charge in [0.2, 0.25) is 0 Å². The third-order valence-electron chi connectivity index (χ3n) is 3.48. The van der Waals surface area contributed by atoms with Crippen LogP contribution in [0.3, 0.4) is 0 Å². The normalized spacial score (nSPS) is 10.6. The number of carbonyl (C=O) groups excluding carboxylic acids is 1. The molecular weight excluding hydrogens is 260 g/mol. The first-order valence-corrected chi connectivity index (χ1v) is 6.82. The second-order valence-corrected chi connectivity index (χ2v) is 5.19. The molecule has 0 unspecified atom stereocenters. The largest absolute Gasteiger partial charge is 0.378 e. The van der Waals surface area contributed by atoms with Gasteiger partial charge >= 0.3 is 0 Å². The smallest absolute Gasteiger partial charge is 0.194 e. The molecule has 1 heterocycles. The van der Waals surface area contributed by atoms with Crippen LogP contribution in [0.2, 0.25) is 0 Å². The molecule has 0 aliphatic heterocycles. The van der Waals surface area contributed by atoms with E-state index in [2.05, 4.69) is 4.98 Å². The summed E-state index contributed by atoms with van der Waals surface area (Å²) in [6, 6.07) is 17.3. The van der Waals surface area contributed by atoms with Crippen LogP contribution in [-0.4, -0.2) is 24.9 Å². The maximum absolute atomic E-state index is 12.6. The van der Waals surface area contributed by atoms with Gasteiger partial charge in [-0.25, -0.2) is 0 Å². The fourth-order valence-corrected chi connectivity index (χ4v) is 2.29. The molecule has 0 radical (unpaired) electrons. The predicted octanol–water partition coefficient (Wildman–Crippen LogP) is 3.53. The lowest BCUT2D eigenvalue weighted by Gasteiger charge is -2.13. The second kappa shape index (κ2) is 5.37. The van der Waals surface area contributed by atoms with Crippen LogP contribution >= 0.6 is 0 Å². The Morgan fingerprint density at radius 2 is 1.76 bits per heavy atom. The number of aromatic nitrogens is 1. The number of carbonyl (C=O) groups is 1.